The summed E-state index contributed by atoms with van der Waals surface area (Å²) in [4.78, 5) is 27.0. The van der Waals surface area contributed by atoms with Gasteiger partial charge in [0.15, 0.2) is 5.90 Å². The fourth-order valence-electron chi connectivity index (χ4n) is 1.88. The van der Waals surface area contributed by atoms with Crippen LogP contribution >= 0.6 is 0 Å². The molecule has 1 aromatic carbocycles. The van der Waals surface area contributed by atoms with E-state index in [0.29, 0.717) is 30.2 Å². The molecule has 0 aliphatic rings. The second kappa shape index (κ2) is 9.40. The summed E-state index contributed by atoms with van der Waals surface area (Å²) in [7, 11) is 1.54. The Hall–Kier alpha value is -2.63. The minimum absolute atomic E-state index is 0.0805. The normalized spacial score (nSPS) is 10.8. The highest BCUT2D eigenvalue weighted by molar-refractivity contribution is 5.88. The van der Waals surface area contributed by atoms with E-state index in [2.05, 4.69) is 22.2 Å². The van der Waals surface area contributed by atoms with E-state index in [1.165, 1.54) is 6.92 Å². The molecule has 0 fully saturated rings. The molecule has 0 saturated carbocycles. The van der Waals surface area contributed by atoms with E-state index >= 15 is 0 Å². The van der Waals surface area contributed by atoms with E-state index in [1.54, 1.807) is 26.2 Å². The molecular weight excluding hydrogens is 294 g/mol. The number of nitrogens with zero attached hydrogens (tertiary/aromatic N) is 1. The first kappa shape index (κ1) is 18.4. The summed E-state index contributed by atoms with van der Waals surface area (Å²) in [6.07, 6.45) is 0.789. The molecule has 0 aromatic heterocycles. The van der Waals surface area contributed by atoms with Crippen molar-refractivity contribution in [1.29, 1.82) is 0 Å². The summed E-state index contributed by atoms with van der Waals surface area (Å²) in [6, 6.07) is 7.17. The molecule has 0 unspecified atom stereocenters. The van der Waals surface area contributed by atoms with Gasteiger partial charge in [0.2, 0.25) is 11.8 Å². The number of rotatable bonds is 7. The maximum Gasteiger partial charge on any atom is 0.224 e. The van der Waals surface area contributed by atoms with Gasteiger partial charge in [-0.3, -0.25) is 9.59 Å². The fraction of sp³-hybridized carbons (Fsp3) is 0.353. The maximum atomic E-state index is 11.9. The fourth-order valence-corrected chi connectivity index (χ4v) is 1.88. The largest absolute Gasteiger partial charge is 0.484 e. The topological polar surface area (TPSA) is 79.8 Å². The number of hydrogen-bond donors (Lipinski definition) is 2. The number of methoxy groups -OCH3 is 1. The Morgan fingerprint density at radius 2 is 1.87 bits per heavy atom. The SMILES string of the molecule is C=C(C)N=C(CCNC(=O)Cc1ccc(NC(C)=O)cc1)OC. The lowest BCUT2D eigenvalue weighted by Crippen LogP contribution is -2.27. The minimum Gasteiger partial charge on any atom is -0.484 e. The molecule has 2 N–H and O–H groups in total. The monoisotopic (exact) mass is 317 g/mol. The van der Waals surface area contributed by atoms with Gasteiger partial charge in [-0.25, -0.2) is 4.99 Å². The first-order valence-electron chi connectivity index (χ1n) is 7.31. The molecule has 23 heavy (non-hydrogen) atoms. The van der Waals surface area contributed by atoms with Crippen LogP contribution in [0.1, 0.15) is 25.8 Å². The third-order valence-corrected chi connectivity index (χ3v) is 2.85. The summed E-state index contributed by atoms with van der Waals surface area (Å²) in [6.45, 7) is 7.36. The van der Waals surface area contributed by atoms with Crippen LogP contribution in [0, 0.1) is 0 Å². The number of carbonyl (C=O) groups is 2. The first-order valence-corrected chi connectivity index (χ1v) is 7.31. The summed E-state index contributed by atoms with van der Waals surface area (Å²) in [5, 5.41) is 5.50. The molecule has 1 rings (SSSR count). The van der Waals surface area contributed by atoms with Gasteiger partial charge in [-0.05, 0) is 24.6 Å². The molecule has 1 aromatic rings. The Labute approximate surface area is 136 Å². The smallest absolute Gasteiger partial charge is 0.224 e. The van der Waals surface area contributed by atoms with Crippen molar-refractivity contribution in [2.75, 3.05) is 19.0 Å². The van der Waals surface area contributed by atoms with Crippen LogP contribution in [0.2, 0.25) is 0 Å². The third kappa shape index (κ3) is 7.80. The Balaban J connectivity index is 2.41. The molecule has 124 valence electrons. The Kier molecular flexibility index (Phi) is 7.53. The molecule has 0 bridgehead atoms. The highest BCUT2D eigenvalue weighted by atomic mass is 16.5. The highest BCUT2D eigenvalue weighted by Crippen LogP contribution is 2.10. The molecule has 6 nitrogen and oxygen atoms in total. The van der Waals surface area contributed by atoms with E-state index in [4.69, 9.17) is 4.74 Å². The van der Waals surface area contributed by atoms with Crippen LogP contribution in [-0.2, 0) is 20.7 Å². The van der Waals surface area contributed by atoms with Crippen LogP contribution in [0.4, 0.5) is 5.69 Å². The van der Waals surface area contributed by atoms with Crippen LogP contribution in [0.5, 0.6) is 0 Å². The molecule has 0 saturated heterocycles. The number of aliphatic imine (C=N–C) groups is 1. The van der Waals surface area contributed by atoms with Crippen molar-refractivity contribution in [3.05, 3.63) is 42.1 Å². The van der Waals surface area contributed by atoms with Crippen LogP contribution < -0.4 is 10.6 Å². The Bertz CT molecular complexity index is 592. The van der Waals surface area contributed by atoms with Gasteiger partial charge in [-0.1, -0.05) is 18.7 Å². The zero-order chi connectivity index (χ0) is 17.2. The highest BCUT2D eigenvalue weighted by Gasteiger charge is 2.05. The number of anilines is 1. The van der Waals surface area contributed by atoms with Crippen molar-refractivity contribution in [2.45, 2.75) is 26.7 Å². The number of amides is 2. The number of carbonyl (C=O) groups excluding carboxylic acids is 2. The molecule has 0 aliphatic heterocycles. The molecule has 0 heterocycles. The number of allylic oxidation sites excluding steroid dienone is 1. The van der Waals surface area contributed by atoms with E-state index in [-0.39, 0.29) is 18.2 Å². The Morgan fingerprint density at radius 3 is 2.39 bits per heavy atom. The molecule has 0 aliphatic carbocycles. The van der Waals surface area contributed by atoms with E-state index in [1.807, 2.05) is 12.1 Å². The lowest BCUT2D eigenvalue weighted by molar-refractivity contribution is -0.120. The van der Waals surface area contributed by atoms with E-state index in [9.17, 15) is 9.59 Å². The average molecular weight is 317 g/mol. The quantitative estimate of drug-likeness (QED) is 0.598. The average Bonchev–Trinajstić information content (AvgIpc) is 2.47. The van der Waals surface area contributed by atoms with Crippen LogP contribution in [0.25, 0.3) is 0 Å². The van der Waals surface area contributed by atoms with Gasteiger partial charge in [-0.2, -0.15) is 0 Å². The number of benzene rings is 1. The van der Waals surface area contributed by atoms with Crippen LogP contribution in [-0.4, -0.2) is 31.4 Å². The zero-order valence-electron chi connectivity index (χ0n) is 13.8. The third-order valence-electron chi connectivity index (χ3n) is 2.85. The molecule has 0 atom stereocenters. The molecule has 0 radical (unpaired) electrons. The first-order chi connectivity index (χ1) is 10.9. The van der Waals surface area contributed by atoms with Crippen LogP contribution in [0.15, 0.2) is 41.5 Å². The standard InChI is InChI=1S/C17H23N3O3/c1-12(2)19-17(23-4)9-10-18-16(22)11-14-5-7-15(8-6-14)20-13(3)21/h5-8H,1,9-11H2,2-4H3,(H,18,22)(H,20,21). The summed E-state index contributed by atoms with van der Waals surface area (Å²) in [5.74, 6) is 0.335. The predicted molar refractivity (Wildman–Crippen MR) is 91.3 cm³/mol. The van der Waals surface area contributed by atoms with Gasteiger partial charge < -0.3 is 15.4 Å². The van der Waals surface area contributed by atoms with Gasteiger partial charge in [0, 0.05) is 31.3 Å². The maximum absolute atomic E-state index is 11.9. The minimum atomic E-state index is -0.124. The predicted octanol–water partition coefficient (Wildman–Crippen LogP) is 2.27. The summed E-state index contributed by atoms with van der Waals surface area (Å²) < 4.78 is 5.11. The van der Waals surface area contributed by atoms with Crippen molar-refractivity contribution in [3.8, 4) is 0 Å². The van der Waals surface area contributed by atoms with Crippen molar-refractivity contribution < 1.29 is 14.3 Å². The van der Waals surface area contributed by atoms with Gasteiger partial charge in [0.25, 0.3) is 0 Å². The van der Waals surface area contributed by atoms with E-state index in [0.717, 1.165) is 5.56 Å². The number of hydrogen-bond acceptors (Lipinski definition) is 4. The molecular formula is C17H23N3O3. The summed E-state index contributed by atoms with van der Waals surface area (Å²) in [5.41, 5.74) is 2.24. The second-order valence-electron chi connectivity index (χ2n) is 5.10. The van der Waals surface area contributed by atoms with Crippen molar-refractivity contribution in [3.63, 3.8) is 0 Å². The van der Waals surface area contributed by atoms with Gasteiger partial charge >= 0.3 is 0 Å². The molecule has 0 spiro atoms. The molecule has 2 amide bonds. The van der Waals surface area contributed by atoms with Gasteiger partial charge in [0.1, 0.15) is 0 Å². The van der Waals surface area contributed by atoms with Crippen molar-refractivity contribution >= 4 is 23.4 Å². The van der Waals surface area contributed by atoms with Crippen LogP contribution in [0.3, 0.4) is 0 Å². The van der Waals surface area contributed by atoms with E-state index < -0.39 is 0 Å². The Morgan fingerprint density at radius 1 is 1.22 bits per heavy atom. The van der Waals surface area contributed by atoms with Crippen molar-refractivity contribution in [2.24, 2.45) is 4.99 Å². The van der Waals surface area contributed by atoms with Crippen molar-refractivity contribution in [1.82, 2.24) is 5.32 Å². The number of nitrogens with one attached hydrogen (secondary N) is 2. The number of ether oxygens (including phenoxy) is 1. The lowest BCUT2D eigenvalue weighted by atomic mass is 10.1. The van der Waals surface area contributed by atoms with Gasteiger partial charge in [0.05, 0.1) is 13.5 Å². The molecule has 6 heteroatoms. The lowest BCUT2D eigenvalue weighted by Gasteiger charge is -2.08. The van der Waals surface area contributed by atoms with Gasteiger partial charge in [-0.15, -0.1) is 0 Å². The zero-order valence-corrected chi connectivity index (χ0v) is 13.8. The summed E-state index contributed by atoms with van der Waals surface area (Å²) >= 11 is 0. The second-order valence-corrected chi connectivity index (χ2v) is 5.10.